The fourth-order valence-electron chi connectivity index (χ4n) is 2.63. The Hall–Kier alpha value is -2.53. The van der Waals surface area contributed by atoms with Crippen LogP contribution in [0.2, 0.25) is 0 Å². The van der Waals surface area contributed by atoms with Crippen LogP contribution in [0.25, 0.3) is 11.3 Å². The van der Waals surface area contributed by atoms with Gasteiger partial charge >= 0.3 is 0 Å². The Balaban J connectivity index is 2.14. The molecule has 124 valence electrons. The Bertz CT molecular complexity index is 953. The van der Waals surface area contributed by atoms with Crippen LogP contribution in [0.15, 0.2) is 65.6 Å². The standard InChI is InChI=1S/C19H19NO3S/c1-14-4-11-18(12-5-14)24(21,22)20-15(2)6-13-19(20)16-7-9-17(23-3)10-8-16/h4-13H,1-3H3. The fourth-order valence-corrected chi connectivity index (χ4v) is 4.19. The summed E-state index contributed by atoms with van der Waals surface area (Å²) in [5.74, 6) is 0.731. The zero-order chi connectivity index (χ0) is 17.3. The summed E-state index contributed by atoms with van der Waals surface area (Å²) in [6.45, 7) is 3.72. The van der Waals surface area contributed by atoms with Gasteiger partial charge in [-0.15, -0.1) is 0 Å². The number of rotatable bonds is 4. The molecule has 0 unspecified atom stereocenters. The third-order valence-electron chi connectivity index (χ3n) is 3.97. The van der Waals surface area contributed by atoms with E-state index < -0.39 is 10.0 Å². The van der Waals surface area contributed by atoms with E-state index in [0.717, 1.165) is 16.9 Å². The number of ether oxygens (including phenoxy) is 1. The van der Waals surface area contributed by atoms with Gasteiger partial charge in [0.15, 0.2) is 0 Å². The van der Waals surface area contributed by atoms with E-state index in [2.05, 4.69) is 0 Å². The molecule has 0 aliphatic rings. The molecule has 1 heterocycles. The highest BCUT2D eigenvalue weighted by Gasteiger charge is 2.22. The molecule has 3 rings (SSSR count). The first kappa shape index (κ1) is 16.3. The van der Waals surface area contributed by atoms with E-state index in [1.807, 2.05) is 43.3 Å². The van der Waals surface area contributed by atoms with Gasteiger partial charge in [-0.3, -0.25) is 0 Å². The largest absolute Gasteiger partial charge is 0.497 e. The molecule has 0 fully saturated rings. The maximum absolute atomic E-state index is 13.1. The van der Waals surface area contributed by atoms with Gasteiger partial charge in [-0.05, 0) is 67.9 Å². The quantitative estimate of drug-likeness (QED) is 0.720. The Labute approximate surface area is 142 Å². The molecule has 0 bridgehead atoms. The number of methoxy groups -OCH3 is 1. The van der Waals surface area contributed by atoms with Crippen molar-refractivity contribution >= 4 is 10.0 Å². The first-order valence-corrected chi connectivity index (χ1v) is 9.02. The van der Waals surface area contributed by atoms with Gasteiger partial charge in [-0.25, -0.2) is 12.4 Å². The second-order valence-electron chi connectivity index (χ2n) is 5.67. The summed E-state index contributed by atoms with van der Waals surface area (Å²) in [5, 5.41) is 0. The molecule has 5 heteroatoms. The first-order chi connectivity index (χ1) is 11.4. The lowest BCUT2D eigenvalue weighted by atomic mass is 10.1. The maximum atomic E-state index is 13.1. The van der Waals surface area contributed by atoms with Gasteiger partial charge in [0.25, 0.3) is 10.0 Å². The van der Waals surface area contributed by atoms with E-state index >= 15 is 0 Å². The van der Waals surface area contributed by atoms with Crippen LogP contribution in [0.3, 0.4) is 0 Å². The van der Waals surface area contributed by atoms with Crippen molar-refractivity contribution in [2.24, 2.45) is 0 Å². The molecule has 0 atom stereocenters. The molecule has 3 aromatic rings. The molecule has 24 heavy (non-hydrogen) atoms. The first-order valence-electron chi connectivity index (χ1n) is 7.58. The highest BCUT2D eigenvalue weighted by atomic mass is 32.2. The molecule has 0 saturated carbocycles. The van der Waals surface area contributed by atoms with E-state index in [4.69, 9.17) is 4.74 Å². The molecule has 1 aromatic heterocycles. The molecular weight excluding hydrogens is 322 g/mol. The minimum absolute atomic E-state index is 0.280. The summed E-state index contributed by atoms with van der Waals surface area (Å²) in [4.78, 5) is 0.280. The zero-order valence-corrected chi connectivity index (χ0v) is 14.7. The third kappa shape index (κ3) is 2.83. The van der Waals surface area contributed by atoms with E-state index in [0.29, 0.717) is 11.4 Å². The molecular formula is C19H19NO3S. The average Bonchev–Trinajstić information content (AvgIpc) is 2.98. The summed E-state index contributed by atoms with van der Waals surface area (Å²) in [6.07, 6.45) is 0. The molecule has 0 aliphatic carbocycles. The predicted molar refractivity (Wildman–Crippen MR) is 94.9 cm³/mol. The fraction of sp³-hybridized carbons (Fsp3) is 0.158. The summed E-state index contributed by atoms with van der Waals surface area (Å²) < 4.78 is 32.7. The van der Waals surface area contributed by atoms with Crippen molar-refractivity contribution in [2.45, 2.75) is 18.7 Å². The molecule has 0 saturated heterocycles. The van der Waals surface area contributed by atoms with Crippen molar-refractivity contribution in [3.8, 4) is 17.0 Å². The molecule has 0 N–H and O–H groups in total. The van der Waals surface area contributed by atoms with Crippen molar-refractivity contribution in [2.75, 3.05) is 7.11 Å². The van der Waals surface area contributed by atoms with Crippen LogP contribution in [-0.4, -0.2) is 19.5 Å². The third-order valence-corrected chi connectivity index (χ3v) is 5.80. The number of aryl methyl sites for hydroxylation is 2. The van der Waals surface area contributed by atoms with Crippen LogP contribution in [0.4, 0.5) is 0 Å². The second-order valence-corrected chi connectivity index (χ2v) is 7.46. The van der Waals surface area contributed by atoms with Gasteiger partial charge in [-0.2, -0.15) is 0 Å². The Kier molecular flexibility index (Phi) is 4.20. The number of hydrogen-bond acceptors (Lipinski definition) is 3. The van der Waals surface area contributed by atoms with Gasteiger partial charge in [0.1, 0.15) is 5.75 Å². The van der Waals surface area contributed by atoms with Gasteiger partial charge in [0.05, 0.1) is 17.7 Å². The van der Waals surface area contributed by atoms with Crippen LogP contribution in [0.1, 0.15) is 11.3 Å². The van der Waals surface area contributed by atoms with Gasteiger partial charge < -0.3 is 4.74 Å². The molecule has 2 aromatic carbocycles. The Morgan fingerprint density at radius 3 is 2.04 bits per heavy atom. The van der Waals surface area contributed by atoms with Gasteiger partial charge in [0.2, 0.25) is 0 Å². The zero-order valence-electron chi connectivity index (χ0n) is 13.9. The normalized spacial score (nSPS) is 11.5. The average molecular weight is 341 g/mol. The van der Waals surface area contributed by atoms with Crippen LogP contribution < -0.4 is 4.74 Å². The topological polar surface area (TPSA) is 48.3 Å². The number of benzene rings is 2. The van der Waals surface area contributed by atoms with Crippen LogP contribution >= 0.6 is 0 Å². The molecule has 4 nitrogen and oxygen atoms in total. The van der Waals surface area contributed by atoms with E-state index in [9.17, 15) is 8.42 Å². The van der Waals surface area contributed by atoms with Crippen molar-refractivity contribution in [1.29, 1.82) is 0 Å². The van der Waals surface area contributed by atoms with E-state index in [-0.39, 0.29) is 4.90 Å². The minimum atomic E-state index is -3.65. The summed E-state index contributed by atoms with van der Waals surface area (Å²) in [5.41, 5.74) is 3.14. The molecule has 0 spiro atoms. The highest BCUT2D eigenvalue weighted by Crippen LogP contribution is 2.28. The Morgan fingerprint density at radius 1 is 0.833 bits per heavy atom. The molecule has 0 aliphatic heterocycles. The van der Waals surface area contributed by atoms with Crippen molar-refractivity contribution in [3.63, 3.8) is 0 Å². The maximum Gasteiger partial charge on any atom is 0.268 e. The lowest BCUT2D eigenvalue weighted by Gasteiger charge is -2.13. The molecule has 0 radical (unpaired) electrons. The lowest BCUT2D eigenvalue weighted by Crippen LogP contribution is -2.15. The smallest absolute Gasteiger partial charge is 0.268 e. The number of aromatic nitrogens is 1. The second kappa shape index (κ2) is 6.17. The van der Waals surface area contributed by atoms with E-state index in [1.54, 1.807) is 38.3 Å². The van der Waals surface area contributed by atoms with Crippen molar-refractivity contribution < 1.29 is 13.2 Å². The van der Waals surface area contributed by atoms with Crippen LogP contribution in [0, 0.1) is 13.8 Å². The summed E-state index contributed by atoms with van der Waals surface area (Å²) in [7, 11) is -2.05. The lowest BCUT2D eigenvalue weighted by molar-refractivity contribution is 0.415. The monoisotopic (exact) mass is 341 g/mol. The number of nitrogens with zero attached hydrogens (tertiary/aromatic N) is 1. The van der Waals surface area contributed by atoms with E-state index in [1.165, 1.54) is 3.97 Å². The van der Waals surface area contributed by atoms with Crippen molar-refractivity contribution in [3.05, 3.63) is 71.9 Å². The predicted octanol–water partition coefficient (Wildman–Crippen LogP) is 4.02. The summed E-state index contributed by atoms with van der Waals surface area (Å²) >= 11 is 0. The van der Waals surface area contributed by atoms with Gasteiger partial charge in [-0.1, -0.05) is 17.7 Å². The Morgan fingerprint density at radius 2 is 1.46 bits per heavy atom. The van der Waals surface area contributed by atoms with Crippen LogP contribution in [0.5, 0.6) is 5.75 Å². The summed E-state index contributed by atoms with van der Waals surface area (Å²) in [6, 6.07) is 17.9. The van der Waals surface area contributed by atoms with Gasteiger partial charge in [0, 0.05) is 5.69 Å². The highest BCUT2D eigenvalue weighted by molar-refractivity contribution is 7.90. The minimum Gasteiger partial charge on any atom is -0.497 e. The van der Waals surface area contributed by atoms with Crippen molar-refractivity contribution in [1.82, 2.24) is 3.97 Å². The van der Waals surface area contributed by atoms with Crippen LogP contribution in [-0.2, 0) is 10.0 Å². The number of hydrogen-bond donors (Lipinski definition) is 0. The molecule has 0 amide bonds. The SMILES string of the molecule is COc1ccc(-c2ccc(C)n2S(=O)(=O)c2ccc(C)cc2)cc1.